The highest BCUT2D eigenvalue weighted by molar-refractivity contribution is 7.08. The molecule has 5 nitrogen and oxygen atoms in total. The lowest BCUT2D eigenvalue weighted by molar-refractivity contribution is -0.132. The van der Waals surface area contributed by atoms with Gasteiger partial charge in [-0.25, -0.2) is 0 Å². The van der Waals surface area contributed by atoms with Crippen LogP contribution < -0.4 is 0 Å². The summed E-state index contributed by atoms with van der Waals surface area (Å²) in [5.41, 5.74) is 1.79. The molecule has 1 unspecified atom stereocenters. The molecule has 23 heavy (non-hydrogen) atoms. The summed E-state index contributed by atoms with van der Waals surface area (Å²) in [6, 6.07) is 11.3. The normalized spacial score (nSPS) is 17.3. The minimum Gasteiger partial charge on any atom is -0.347 e. The summed E-state index contributed by atoms with van der Waals surface area (Å²) in [4.78, 5) is 28.8. The monoisotopic (exact) mass is 329 g/mol. The van der Waals surface area contributed by atoms with Crippen LogP contribution in [0.4, 0.5) is 0 Å². The molecule has 0 aliphatic carbocycles. The molecular weight excluding hydrogens is 310 g/mol. The van der Waals surface area contributed by atoms with Crippen molar-refractivity contribution in [3.63, 3.8) is 0 Å². The molecule has 120 valence electrons. The van der Waals surface area contributed by atoms with Crippen LogP contribution in [0.5, 0.6) is 0 Å². The summed E-state index contributed by atoms with van der Waals surface area (Å²) in [7, 11) is 3.45. The maximum Gasteiger partial charge on any atom is 0.266 e. The van der Waals surface area contributed by atoms with E-state index in [0.717, 1.165) is 24.1 Å². The predicted molar refractivity (Wildman–Crippen MR) is 90.3 cm³/mol. The molecule has 2 amide bonds. The molecule has 1 aromatic carbocycles. The number of aromatic nitrogens is 1. The fourth-order valence-electron chi connectivity index (χ4n) is 2.83. The molecule has 0 bridgehead atoms. The van der Waals surface area contributed by atoms with Crippen LogP contribution in [-0.4, -0.2) is 52.7 Å². The van der Waals surface area contributed by atoms with Crippen LogP contribution in [-0.2, 0) is 4.79 Å². The third-order valence-electron chi connectivity index (χ3n) is 4.03. The third-order valence-corrected chi connectivity index (χ3v) is 4.81. The van der Waals surface area contributed by atoms with Gasteiger partial charge < -0.3 is 9.80 Å². The van der Waals surface area contributed by atoms with Crippen molar-refractivity contribution in [2.45, 2.75) is 18.9 Å². The Morgan fingerprint density at radius 2 is 2.00 bits per heavy atom. The van der Waals surface area contributed by atoms with Crippen LogP contribution in [0.1, 0.15) is 22.5 Å². The van der Waals surface area contributed by atoms with Crippen molar-refractivity contribution in [2.24, 2.45) is 0 Å². The molecule has 1 aliphatic rings. The molecule has 0 saturated carbocycles. The standard InChI is InChI=1S/C17H19N3O2S/c1-19(2)16(21)14-9-6-10-20(14)17(22)15-11-13(18-23-15)12-7-4-3-5-8-12/h3-5,7-8,11,14H,6,9-10H2,1-2H3. The number of carbonyl (C=O) groups excluding carboxylic acids is 2. The Hall–Kier alpha value is -2.21. The molecule has 0 radical (unpaired) electrons. The van der Waals surface area contributed by atoms with Gasteiger partial charge in [0.05, 0.1) is 5.69 Å². The Bertz CT molecular complexity index is 712. The van der Waals surface area contributed by atoms with Crippen LogP contribution in [0.15, 0.2) is 36.4 Å². The Labute approximate surface area is 139 Å². The van der Waals surface area contributed by atoms with E-state index in [4.69, 9.17) is 0 Å². The van der Waals surface area contributed by atoms with Crippen molar-refractivity contribution in [2.75, 3.05) is 20.6 Å². The van der Waals surface area contributed by atoms with Gasteiger partial charge in [-0.3, -0.25) is 9.59 Å². The van der Waals surface area contributed by atoms with Crippen molar-refractivity contribution < 1.29 is 9.59 Å². The van der Waals surface area contributed by atoms with Gasteiger partial charge in [-0.1, -0.05) is 30.3 Å². The number of nitrogens with zero attached hydrogens (tertiary/aromatic N) is 3. The fraction of sp³-hybridized carbons (Fsp3) is 0.353. The highest BCUT2D eigenvalue weighted by atomic mass is 32.1. The first kappa shape index (κ1) is 15.7. The highest BCUT2D eigenvalue weighted by Gasteiger charge is 2.36. The molecule has 2 aromatic rings. The molecule has 2 heterocycles. The first-order valence-corrected chi connectivity index (χ1v) is 8.39. The first-order chi connectivity index (χ1) is 11.1. The lowest BCUT2D eigenvalue weighted by Gasteiger charge is -2.25. The number of likely N-dealkylation sites (tertiary alicyclic amines) is 1. The van der Waals surface area contributed by atoms with E-state index in [-0.39, 0.29) is 17.9 Å². The van der Waals surface area contributed by atoms with E-state index in [1.165, 1.54) is 11.5 Å². The lowest BCUT2D eigenvalue weighted by Crippen LogP contribution is -2.45. The second-order valence-electron chi connectivity index (χ2n) is 5.83. The minimum absolute atomic E-state index is 0.0105. The van der Waals surface area contributed by atoms with Crippen LogP contribution in [0.3, 0.4) is 0 Å². The van der Waals surface area contributed by atoms with Crippen LogP contribution in [0, 0.1) is 0 Å². The van der Waals surface area contributed by atoms with Gasteiger partial charge in [-0.2, -0.15) is 4.37 Å². The predicted octanol–water partition coefficient (Wildman–Crippen LogP) is 2.50. The number of rotatable bonds is 3. The van der Waals surface area contributed by atoms with Crippen LogP contribution >= 0.6 is 11.5 Å². The second-order valence-corrected chi connectivity index (χ2v) is 6.64. The molecule has 0 spiro atoms. The minimum atomic E-state index is -0.347. The molecule has 6 heteroatoms. The fourth-order valence-corrected chi connectivity index (χ4v) is 3.54. The average molecular weight is 329 g/mol. The van der Waals surface area contributed by atoms with E-state index >= 15 is 0 Å². The van der Waals surface area contributed by atoms with Gasteiger partial charge in [-0.05, 0) is 30.4 Å². The molecule has 1 aliphatic heterocycles. The lowest BCUT2D eigenvalue weighted by atomic mass is 10.1. The average Bonchev–Trinajstić information content (AvgIpc) is 3.23. The van der Waals surface area contributed by atoms with E-state index in [0.29, 0.717) is 11.4 Å². The smallest absolute Gasteiger partial charge is 0.266 e. The summed E-state index contributed by atoms with van der Waals surface area (Å²) in [5.74, 6) is -0.106. The largest absolute Gasteiger partial charge is 0.347 e. The van der Waals surface area contributed by atoms with Gasteiger partial charge in [0, 0.05) is 26.2 Å². The van der Waals surface area contributed by atoms with E-state index in [9.17, 15) is 9.59 Å². The third kappa shape index (κ3) is 3.12. The molecule has 1 fully saturated rings. The topological polar surface area (TPSA) is 53.5 Å². The van der Waals surface area contributed by atoms with Crippen LogP contribution in [0.2, 0.25) is 0 Å². The maximum atomic E-state index is 12.8. The zero-order chi connectivity index (χ0) is 16.4. The zero-order valence-electron chi connectivity index (χ0n) is 13.2. The van der Waals surface area contributed by atoms with Crippen molar-refractivity contribution in [3.05, 3.63) is 41.3 Å². The summed E-state index contributed by atoms with van der Waals surface area (Å²) in [5, 5.41) is 0. The van der Waals surface area contributed by atoms with E-state index < -0.39 is 0 Å². The Morgan fingerprint density at radius 1 is 1.26 bits per heavy atom. The van der Waals surface area contributed by atoms with Crippen LogP contribution in [0.25, 0.3) is 11.3 Å². The van der Waals surface area contributed by atoms with Gasteiger partial charge in [0.15, 0.2) is 0 Å². The van der Waals surface area contributed by atoms with Crippen molar-refractivity contribution in [3.8, 4) is 11.3 Å². The number of likely N-dealkylation sites (N-methyl/N-ethyl adjacent to an activating group) is 1. The maximum absolute atomic E-state index is 12.8. The Kier molecular flexibility index (Phi) is 4.43. The number of hydrogen-bond donors (Lipinski definition) is 0. The molecule has 1 aromatic heterocycles. The highest BCUT2D eigenvalue weighted by Crippen LogP contribution is 2.26. The van der Waals surface area contributed by atoms with E-state index in [2.05, 4.69) is 4.37 Å². The molecular formula is C17H19N3O2S. The molecule has 3 rings (SSSR count). The number of carbonyl (C=O) groups is 2. The summed E-state index contributed by atoms with van der Waals surface area (Å²) < 4.78 is 4.38. The summed E-state index contributed by atoms with van der Waals surface area (Å²) in [6.07, 6.45) is 1.59. The number of benzene rings is 1. The second kappa shape index (κ2) is 6.50. The first-order valence-electron chi connectivity index (χ1n) is 7.62. The summed E-state index contributed by atoms with van der Waals surface area (Å²) in [6.45, 7) is 0.627. The SMILES string of the molecule is CN(C)C(=O)C1CCCN1C(=O)c1cc(-c2ccccc2)ns1. The summed E-state index contributed by atoms with van der Waals surface area (Å²) >= 11 is 1.20. The molecule has 1 atom stereocenters. The van der Waals surface area contributed by atoms with Gasteiger partial charge in [0.1, 0.15) is 10.9 Å². The molecule has 1 saturated heterocycles. The molecule has 0 N–H and O–H groups in total. The quantitative estimate of drug-likeness (QED) is 0.869. The Balaban J connectivity index is 1.81. The zero-order valence-corrected chi connectivity index (χ0v) is 14.0. The Morgan fingerprint density at radius 3 is 2.70 bits per heavy atom. The van der Waals surface area contributed by atoms with E-state index in [1.54, 1.807) is 23.9 Å². The van der Waals surface area contributed by atoms with Crippen molar-refractivity contribution in [1.29, 1.82) is 0 Å². The van der Waals surface area contributed by atoms with Gasteiger partial charge in [-0.15, -0.1) is 0 Å². The van der Waals surface area contributed by atoms with E-state index in [1.807, 2.05) is 36.4 Å². The van der Waals surface area contributed by atoms with Gasteiger partial charge in [0.25, 0.3) is 5.91 Å². The number of hydrogen-bond acceptors (Lipinski definition) is 4. The van der Waals surface area contributed by atoms with Crippen molar-refractivity contribution in [1.82, 2.24) is 14.2 Å². The number of amides is 2. The van der Waals surface area contributed by atoms with Crippen molar-refractivity contribution >= 4 is 23.3 Å². The van der Waals surface area contributed by atoms with Gasteiger partial charge in [0.2, 0.25) is 5.91 Å². The van der Waals surface area contributed by atoms with Gasteiger partial charge >= 0.3 is 0 Å².